The van der Waals surface area contributed by atoms with Crippen LogP contribution in [0.3, 0.4) is 0 Å². The fraction of sp³-hybridized carbons (Fsp3) is 0.562. The molecule has 1 N–H and O–H groups in total. The molecule has 2 fully saturated rings. The molecule has 3 rings (SSSR count). The van der Waals surface area contributed by atoms with Gasteiger partial charge in [-0.1, -0.05) is 48.6 Å². The first-order valence-corrected chi connectivity index (χ1v) is 10.5. The van der Waals surface area contributed by atoms with Gasteiger partial charge in [0.2, 0.25) is 0 Å². The zero-order valence-electron chi connectivity index (χ0n) is 12.1. The van der Waals surface area contributed by atoms with Gasteiger partial charge >= 0.3 is 5.97 Å². The molecule has 0 spiro atoms. The number of hydrogen-bond acceptors (Lipinski definition) is 3. The number of carbonyl (C=O) groups is 1. The summed E-state index contributed by atoms with van der Waals surface area (Å²) in [6, 6.07) is 10.6. The summed E-state index contributed by atoms with van der Waals surface area (Å²) in [5.41, 5.74) is 0.484. The van der Waals surface area contributed by atoms with Crippen molar-refractivity contribution in [2.24, 2.45) is 11.8 Å². The fourth-order valence-corrected chi connectivity index (χ4v) is 7.90. The summed E-state index contributed by atoms with van der Waals surface area (Å²) in [7, 11) is -1.67. The Morgan fingerprint density at radius 3 is 2.65 bits per heavy atom. The number of carbonyl (C=O) groups excluding carboxylic acids is 1. The Bertz CT molecular complexity index is 500. The van der Waals surface area contributed by atoms with Gasteiger partial charge in [0.1, 0.15) is 6.10 Å². The molecule has 1 aromatic rings. The van der Waals surface area contributed by atoms with Crippen molar-refractivity contribution in [3.05, 3.63) is 30.3 Å². The standard InChI is InChI=1S/C16H22O3Si/c1-20(2,11-6-4-3-5-7-11)15-9-14-12(13(15)10-17)8-16(18)19-14/h3-7,12-15,17H,8-10H2,1-2H3. The van der Waals surface area contributed by atoms with Crippen LogP contribution in [0.2, 0.25) is 18.6 Å². The van der Waals surface area contributed by atoms with E-state index in [0.717, 1.165) is 6.42 Å². The van der Waals surface area contributed by atoms with Gasteiger partial charge in [-0.3, -0.25) is 4.79 Å². The lowest BCUT2D eigenvalue weighted by molar-refractivity contribution is -0.141. The minimum atomic E-state index is -1.67. The lowest BCUT2D eigenvalue weighted by Gasteiger charge is -2.35. The van der Waals surface area contributed by atoms with Crippen LogP contribution in [0.15, 0.2) is 30.3 Å². The maximum atomic E-state index is 11.5. The van der Waals surface area contributed by atoms with E-state index in [1.807, 2.05) is 6.07 Å². The number of fused-ring (bicyclic) bond motifs is 1. The monoisotopic (exact) mass is 290 g/mol. The van der Waals surface area contributed by atoms with E-state index in [9.17, 15) is 9.90 Å². The molecule has 0 radical (unpaired) electrons. The van der Waals surface area contributed by atoms with Crippen molar-refractivity contribution < 1.29 is 14.6 Å². The first-order chi connectivity index (χ1) is 9.54. The Balaban J connectivity index is 1.89. The van der Waals surface area contributed by atoms with Crippen LogP contribution < -0.4 is 5.19 Å². The molecule has 1 aliphatic heterocycles. The lowest BCUT2D eigenvalue weighted by Crippen LogP contribution is -2.48. The number of aliphatic hydroxyl groups excluding tert-OH is 1. The summed E-state index contributed by atoms with van der Waals surface area (Å²) in [6.45, 7) is 4.92. The summed E-state index contributed by atoms with van der Waals surface area (Å²) >= 11 is 0. The van der Waals surface area contributed by atoms with Crippen LogP contribution in [0.1, 0.15) is 12.8 Å². The highest BCUT2D eigenvalue weighted by Gasteiger charge is 2.54. The van der Waals surface area contributed by atoms with Crippen molar-refractivity contribution in [1.82, 2.24) is 0 Å². The van der Waals surface area contributed by atoms with E-state index < -0.39 is 8.07 Å². The van der Waals surface area contributed by atoms with Crippen LogP contribution in [0.25, 0.3) is 0 Å². The minimum absolute atomic E-state index is 0.0418. The van der Waals surface area contributed by atoms with Crippen LogP contribution >= 0.6 is 0 Å². The summed E-state index contributed by atoms with van der Waals surface area (Å²) < 4.78 is 5.45. The normalized spacial score (nSPS) is 33.0. The largest absolute Gasteiger partial charge is 0.462 e. The van der Waals surface area contributed by atoms with Crippen molar-refractivity contribution in [1.29, 1.82) is 0 Å². The van der Waals surface area contributed by atoms with Gasteiger partial charge in [-0.2, -0.15) is 0 Å². The molecule has 1 aromatic carbocycles. The van der Waals surface area contributed by atoms with E-state index in [1.165, 1.54) is 5.19 Å². The predicted octanol–water partition coefficient (Wildman–Crippen LogP) is 1.92. The van der Waals surface area contributed by atoms with Crippen LogP contribution in [0, 0.1) is 11.8 Å². The van der Waals surface area contributed by atoms with Crippen LogP contribution in [-0.4, -0.2) is 31.9 Å². The van der Waals surface area contributed by atoms with Crippen molar-refractivity contribution in [3.8, 4) is 0 Å². The summed E-state index contributed by atoms with van der Waals surface area (Å²) in [5.74, 6) is 0.359. The van der Waals surface area contributed by atoms with E-state index >= 15 is 0 Å². The molecule has 4 atom stereocenters. The molecule has 0 bridgehead atoms. The first-order valence-electron chi connectivity index (χ1n) is 7.40. The Morgan fingerprint density at radius 1 is 1.30 bits per heavy atom. The number of aliphatic hydroxyl groups is 1. The third kappa shape index (κ3) is 2.11. The van der Waals surface area contributed by atoms with Gasteiger partial charge in [0, 0.05) is 12.5 Å². The van der Waals surface area contributed by atoms with E-state index in [-0.39, 0.29) is 30.5 Å². The Hall–Kier alpha value is -1.13. The number of ether oxygens (including phenoxy) is 1. The predicted molar refractivity (Wildman–Crippen MR) is 80.5 cm³/mol. The maximum absolute atomic E-state index is 11.5. The molecule has 1 aliphatic carbocycles. The second-order valence-electron chi connectivity index (χ2n) is 6.67. The summed E-state index contributed by atoms with van der Waals surface area (Å²) in [4.78, 5) is 11.5. The van der Waals surface area contributed by atoms with Gasteiger partial charge < -0.3 is 9.84 Å². The molecule has 0 aromatic heterocycles. The minimum Gasteiger partial charge on any atom is -0.462 e. The second-order valence-corrected chi connectivity index (χ2v) is 11.4. The topological polar surface area (TPSA) is 46.5 Å². The molecule has 1 saturated carbocycles. The smallest absolute Gasteiger partial charge is 0.306 e. The summed E-state index contributed by atoms with van der Waals surface area (Å²) in [5, 5.41) is 11.3. The van der Waals surface area contributed by atoms with Crippen LogP contribution in [0.4, 0.5) is 0 Å². The lowest BCUT2D eigenvalue weighted by atomic mass is 9.94. The Kier molecular flexibility index (Phi) is 3.46. The number of rotatable bonds is 3. The molecule has 108 valence electrons. The molecule has 2 aliphatic rings. The highest BCUT2D eigenvalue weighted by Crippen LogP contribution is 2.51. The molecule has 1 heterocycles. The van der Waals surface area contributed by atoms with Crippen molar-refractivity contribution >= 4 is 19.2 Å². The molecule has 1 saturated heterocycles. The Labute approximate surface area is 121 Å². The van der Waals surface area contributed by atoms with Gasteiger partial charge in [-0.25, -0.2) is 0 Å². The van der Waals surface area contributed by atoms with Gasteiger partial charge in [0.05, 0.1) is 14.5 Å². The quantitative estimate of drug-likeness (QED) is 0.683. The van der Waals surface area contributed by atoms with Crippen molar-refractivity contribution in [2.75, 3.05) is 6.61 Å². The third-order valence-electron chi connectivity index (χ3n) is 5.37. The van der Waals surface area contributed by atoms with Gasteiger partial charge in [-0.15, -0.1) is 0 Å². The van der Waals surface area contributed by atoms with Gasteiger partial charge in [0.25, 0.3) is 0 Å². The van der Waals surface area contributed by atoms with E-state index in [0.29, 0.717) is 12.0 Å². The SMILES string of the molecule is C[Si](C)(c1ccccc1)C1CC2OC(=O)CC2C1CO. The molecule has 20 heavy (non-hydrogen) atoms. The molecule has 4 unspecified atom stereocenters. The first kappa shape index (κ1) is 13.8. The third-order valence-corrected chi connectivity index (χ3v) is 9.71. The molecule has 4 heteroatoms. The molecule has 3 nitrogen and oxygen atoms in total. The molecule has 0 amide bonds. The van der Waals surface area contributed by atoms with Crippen LogP contribution in [-0.2, 0) is 9.53 Å². The zero-order chi connectivity index (χ0) is 14.3. The van der Waals surface area contributed by atoms with E-state index in [2.05, 4.69) is 37.4 Å². The van der Waals surface area contributed by atoms with Gasteiger partial charge in [0.15, 0.2) is 0 Å². The highest BCUT2D eigenvalue weighted by molar-refractivity contribution is 6.91. The molecular formula is C16H22O3Si. The average molecular weight is 290 g/mol. The second kappa shape index (κ2) is 5.01. The average Bonchev–Trinajstić information content (AvgIpc) is 2.95. The summed E-state index contributed by atoms with van der Waals surface area (Å²) in [6.07, 6.45) is 1.46. The van der Waals surface area contributed by atoms with Crippen molar-refractivity contribution in [2.45, 2.75) is 37.6 Å². The number of esters is 1. The zero-order valence-corrected chi connectivity index (χ0v) is 13.1. The van der Waals surface area contributed by atoms with Gasteiger partial charge in [-0.05, 0) is 17.9 Å². The van der Waals surface area contributed by atoms with Crippen LogP contribution in [0.5, 0.6) is 0 Å². The van der Waals surface area contributed by atoms with Crippen molar-refractivity contribution in [3.63, 3.8) is 0 Å². The maximum Gasteiger partial charge on any atom is 0.306 e. The Morgan fingerprint density at radius 2 is 2.00 bits per heavy atom. The van der Waals surface area contributed by atoms with E-state index in [1.54, 1.807) is 0 Å². The van der Waals surface area contributed by atoms with E-state index in [4.69, 9.17) is 4.74 Å². The molecular weight excluding hydrogens is 268 g/mol. The number of benzene rings is 1. The number of hydrogen-bond donors (Lipinski definition) is 1. The highest BCUT2D eigenvalue weighted by atomic mass is 28.3. The fourth-order valence-electron chi connectivity index (χ4n) is 4.18.